The van der Waals surface area contributed by atoms with Crippen molar-refractivity contribution in [2.75, 3.05) is 9.80 Å². The van der Waals surface area contributed by atoms with Crippen LogP contribution in [0.25, 0.3) is 115 Å². The molecule has 18 rings (SSSR count). The Morgan fingerprint density at radius 2 is 0.656 bits per heavy atom. The molecule has 0 spiro atoms. The minimum Gasteiger partial charge on any atom is -0.310 e. The monoisotopic (exact) mass is 1230 g/mol. The van der Waals surface area contributed by atoms with E-state index in [9.17, 15) is 0 Å². The van der Waals surface area contributed by atoms with Crippen LogP contribution in [0.3, 0.4) is 0 Å². The molecule has 0 atom stereocenters. The molecule has 96 heavy (non-hydrogen) atoms. The second-order valence-electron chi connectivity index (χ2n) is 30.0. The molecule has 0 N–H and O–H groups in total. The van der Waals surface area contributed by atoms with Gasteiger partial charge in [-0.3, -0.25) is 0 Å². The smallest absolute Gasteiger partial charge is 0.252 e. The van der Waals surface area contributed by atoms with Gasteiger partial charge in [0.15, 0.2) is 0 Å². The Hall–Kier alpha value is -10.9. The van der Waals surface area contributed by atoms with Crippen molar-refractivity contribution in [3.8, 4) is 61.3 Å². The first-order chi connectivity index (χ1) is 46.5. The van der Waals surface area contributed by atoms with E-state index in [1.54, 1.807) is 0 Å². The predicted octanol–water partition coefficient (Wildman–Crippen LogP) is 23.4. The summed E-state index contributed by atoms with van der Waals surface area (Å²) in [6.07, 6.45) is 0. The van der Waals surface area contributed by atoms with Crippen LogP contribution in [0.2, 0.25) is 0 Å². The third-order valence-corrected chi connectivity index (χ3v) is 21.1. The topological polar surface area (TPSA) is 11.4 Å². The highest BCUT2D eigenvalue weighted by Crippen LogP contribution is 2.55. The van der Waals surface area contributed by atoms with E-state index in [4.69, 9.17) is 0 Å². The Morgan fingerprint density at radius 1 is 0.271 bits per heavy atom. The normalized spacial score (nSPS) is 13.2. The number of nitrogens with zero attached hydrogens (tertiary/aromatic N) is 3. The van der Waals surface area contributed by atoms with Gasteiger partial charge in [-0.05, 0) is 157 Å². The standard InChI is InChI=1S/C92H74BN3/c1-90(2,3)65-50-64(51-66(53-65)91(4,5)6)63-42-46-75-79(52-63)95(88-69(57-26-14-10-15-27-57)36-24-37-70(88)58-28-16-11-17-29-58)81-54-67(92(7,8)9)55-82-87(81)93(75)76-47-45-68(56-80(76)96(82)89-71(59-30-18-12-19-31-59)38-25-39-72(89)60-32-20-13-21-33-60)94-77-48-43-61-34-22-40-73-74-41-23-35-62-44-49-78(94)86(84(62)74)85(77)83(61)73/h10-56H,1-9H3. The fourth-order valence-corrected chi connectivity index (χ4v) is 16.3. The average molecular weight is 1230 g/mol. The number of benzene rings is 15. The van der Waals surface area contributed by atoms with Gasteiger partial charge < -0.3 is 14.4 Å². The SMILES string of the molecule is CC(C)(C)c1cc(-c2ccc3c(c2)N(c2c(-c4ccccc4)cccc2-c2ccccc2)c2cc(C(C)(C)C)cc4c2B3c2ccc(-n3c5ccc6cccc7c8cccc9ccc3c(c98)c5c67)cc2N4c2c(-c3ccccc3)cccc2-c2ccccc2)cc(C(C)(C)C)c1. The molecule has 3 heterocycles. The van der Waals surface area contributed by atoms with Gasteiger partial charge in [0.05, 0.1) is 22.4 Å². The van der Waals surface area contributed by atoms with Crippen molar-refractivity contribution in [1.82, 2.24) is 4.57 Å². The van der Waals surface area contributed by atoms with Crippen molar-refractivity contribution < 1.29 is 0 Å². The Labute approximate surface area is 563 Å². The van der Waals surface area contributed by atoms with Crippen molar-refractivity contribution in [2.45, 2.75) is 78.6 Å². The highest BCUT2D eigenvalue weighted by Gasteiger charge is 2.46. The highest BCUT2D eigenvalue weighted by atomic mass is 15.2. The Morgan fingerprint density at radius 3 is 1.07 bits per heavy atom. The van der Waals surface area contributed by atoms with Crippen LogP contribution in [0.5, 0.6) is 0 Å². The zero-order valence-corrected chi connectivity index (χ0v) is 56.1. The van der Waals surface area contributed by atoms with Crippen LogP contribution >= 0.6 is 0 Å². The Balaban J connectivity index is 1.01. The molecule has 3 nitrogen and oxygen atoms in total. The lowest BCUT2D eigenvalue weighted by Gasteiger charge is -2.46. The van der Waals surface area contributed by atoms with Crippen molar-refractivity contribution in [2.24, 2.45) is 0 Å². The number of anilines is 6. The zero-order valence-electron chi connectivity index (χ0n) is 56.1. The molecule has 460 valence electrons. The molecule has 0 amide bonds. The second kappa shape index (κ2) is 21.3. The van der Waals surface area contributed by atoms with Crippen LogP contribution < -0.4 is 26.2 Å². The molecule has 0 bridgehead atoms. The predicted molar refractivity (Wildman–Crippen MR) is 413 cm³/mol. The van der Waals surface area contributed by atoms with E-state index >= 15 is 0 Å². The third kappa shape index (κ3) is 8.87. The first-order valence-electron chi connectivity index (χ1n) is 34.2. The van der Waals surface area contributed by atoms with E-state index in [-0.39, 0.29) is 23.0 Å². The van der Waals surface area contributed by atoms with Crippen LogP contribution in [0.1, 0.15) is 79.0 Å². The van der Waals surface area contributed by atoms with Crippen LogP contribution in [0.15, 0.2) is 285 Å². The van der Waals surface area contributed by atoms with Gasteiger partial charge in [0, 0.05) is 61.5 Å². The molecule has 15 aromatic carbocycles. The van der Waals surface area contributed by atoms with Gasteiger partial charge in [-0.15, -0.1) is 0 Å². The van der Waals surface area contributed by atoms with Crippen LogP contribution in [0, 0.1) is 0 Å². The lowest BCUT2D eigenvalue weighted by Crippen LogP contribution is -2.61. The largest absolute Gasteiger partial charge is 0.310 e. The zero-order chi connectivity index (χ0) is 65.1. The van der Waals surface area contributed by atoms with Crippen LogP contribution in [0.4, 0.5) is 34.1 Å². The van der Waals surface area contributed by atoms with Gasteiger partial charge in [-0.2, -0.15) is 0 Å². The number of hydrogen-bond acceptors (Lipinski definition) is 2. The molecule has 2 aliphatic heterocycles. The molecule has 4 heteroatoms. The first kappa shape index (κ1) is 57.7. The number of hydrogen-bond donors (Lipinski definition) is 0. The molecule has 1 aromatic heterocycles. The summed E-state index contributed by atoms with van der Waals surface area (Å²) in [5.41, 5.74) is 29.5. The van der Waals surface area contributed by atoms with Crippen LogP contribution in [-0.4, -0.2) is 11.3 Å². The van der Waals surface area contributed by atoms with Crippen molar-refractivity contribution in [3.63, 3.8) is 0 Å². The van der Waals surface area contributed by atoms with Crippen molar-refractivity contribution >= 4 is 111 Å². The maximum Gasteiger partial charge on any atom is 0.252 e. The minimum atomic E-state index is -0.291. The Kier molecular flexibility index (Phi) is 12.8. The minimum absolute atomic E-state index is 0.0763. The molecule has 0 unspecified atom stereocenters. The number of fused-ring (bicyclic) bond motifs is 5. The first-order valence-corrected chi connectivity index (χ1v) is 34.2. The summed E-state index contributed by atoms with van der Waals surface area (Å²) in [5.74, 6) is 0. The summed E-state index contributed by atoms with van der Waals surface area (Å²) in [6.45, 7) is 21.1. The van der Waals surface area contributed by atoms with Gasteiger partial charge in [0.2, 0.25) is 0 Å². The number of rotatable bonds is 8. The molecule has 0 radical (unpaired) electrons. The summed E-state index contributed by atoms with van der Waals surface area (Å²) in [4.78, 5) is 5.42. The fraction of sp³-hybridized carbons (Fsp3) is 0.130. The fourth-order valence-electron chi connectivity index (χ4n) is 16.3. The van der Waals surface area contributed by atoms with Crippen molar-refractivity contribution in [1.29, 1.82) is 0 Å². The summed E-state index contributed by atoms with van der Waals surface area (Å²) < 4.78 is 2.58. The lowest BCUT2D eigenvalue weighted by atomic mass is 9.33. The van der Waals surface area contributed by atoms with Gasteiger partial charge in [-0.25, -0.2) is 0 Å². The molecule has 2 aliphatic rings. The molecule has 0 aliphatic carbocycles. The number of aromatic nitrogens is 1. The number of para-hydroxylation sites is 2. The maximum atomic E-state index is 2.71. The molecular weight excluding hydrogens is 1160 g/mol. The lowest BCUT2D eigenvalue weighted by molar-refractivity contribution is 0.569. The maximum absolute atomic E-state index is 2.71. The van der Waals surface area contributed by atoms with Gasteiger partial charge in [0.1, 0.15) is 0 Å². The molecular formula is C92H74BN3. The van der Waals surface area contributed by atoms with Gasteiger partial charge in [-0.1, -0.05) is 305 Å². The average Bonchev–Trinajstić information content (AvgIpc) is 1.33. The molecule has 16 aromatic rings. The van der Waals surface area contributed by atoms with E-state index in [0.717, 1.165) is 56.1 Å². The summed E-state index contributed by atoms with van der Waals surface area (Å²) in [6, 6.07) is 109. The van der Waals surface area contributed by atoms with Crippen molar-refractivity contribution in [3.05, 3.63) is 302 Å². The van der Waals surface area contributed by atoms with Gasteiger partial charge in [0.25, 0.3) is 6.71 Å². The summed E-state index contributed by atoms with van der Waals surface area (Å²) in [7, 11) is 0. The quantitative estimate of drug-likeness (QED) is 0.0853. The molecule has 0 saturated carbocycles. The van der Waals surface area contributed by atoms with E-state index in [2.05, 4.69) is 362 Å². The van der Waals surface area contributed by atoms with E-state index < -0.39 is 0 Å². The van der Waals surface area contributed by atoms with E-state index in [0.29, 0.717) is 0 Å². The van der Waals surface area contributed by atoms with Crippen LogP contribution in [-0.2, 0) is 16.2 Å². The third-order valence-electron chi connectivity index (χ3n) is 21.1. The molecule has 0 saturated heterocycles. The van der Waals surface area contributed by atoms with E-state index in [1.165, 1.54) is 127 Å². The molecule has 0 fully saturated rings. The highest BCUT2D eigenvalue weighted by molar-refractivity contribution is 7.00. The summed E-state index contributed by atoms with van der Waals surface area (Å²) in [5, 5.41) is 10.5. The van der Waals surface area contributed by atoms with E-state index in [1.807, 2.05) is 0 Å². The van der Waals surface area contributed by atoms with Gasteiger partial charge >= 0.3 is 0 Å². The Bertz CT molecular complexity index is 5510. The second-order valence-corrected chi connectivity index (χ2v) is 30.0. The summed E-state index contributed by atoms with van der Waals surface area (Å²) >= 11 is 0.